The molecule has 1 fully saturated rings. The average molecular weight is 541 g/mol. The SMILES string of the molecule is COC(=O)[C@@H](COC(C)(C)C)NC(=O)CC[C@H](NCc1cc(Oc2ccccc2)ncc1N)C1CCCCC1. The minimum atomic E-state index is -0.845. The average Bonchev–Trinajstić information content (AvgIpc) is 2.92. The van der Waals surface area contributed by atoms with E-state index in [4.69, 9.17) is 19.9 Å². The van der Waals surface area contributed by atoms with Gasteiger partial charge in [0.15, 0.2) is 6.04 Å². The lowest BCUT2D eigenvalue weighted by molar-refractivity contribution is -0.148. The minimum Gasteiger partial charge on any atom is -0.467 e. The first-order chi connectivity index (χ1) is 18.6. The number of nitrogens with one attached hydrogen (secondary N) is 2. The van der Waals surface area contributed by atoms with Crippen LogP contribution in [0.2, 0.25) is 0 Å². The first-order valence-corrected chi connectivity index (χ1v) is 13.9. The van der Waals surface area contributed by atoms with Crippen LogP contribution in [0.15, 0.2) is 42.6 Å². The molecule has 39 heavy (non-hydrogen) atoms. The molecule has 0 spiro atoms. The number of nitrogen functional groups attached to an aromatic ring is 1. The fourth-order valence-corrected chi connectivity index (χ4v) is 4.78. The Kier molecular flexibility index (Phi) is 11.6. The number of nitrogens with zero attached hydrogens (tertiary/aromatic N) is 1. The van der Waals surface area contributed by atoms with Gasteiger partial charge in [-0.15, -0.1) is 0 Å². The molecule has 9 nitrogen and oxygen atoms in total. The molecule has 1 amide bonds. The highest BCUT2D eigenvalue weighted by Gasteiger charge is 2.27. The number of hydrogen-bond donors (Lipinski definition) is 3. The molecule has 1 saturated carbocycles. The molecule has 1 aliphatic rings. The first-order valence-electron chi connectivity index (χ1n) is 13.9. The number of anilines is 1. The van der Waals surface area contributed by atoms with Gasteiger partial charge in [0, 0.05) is 25.1 Å². The third-order valence-electron chi connectivity index (χ3n) is 6.92. The van der Waals surface area contributed by atoms with Crippen molar-refractivity contribution in [3.63, 3.8) is 0 Å². The quantitative estimate of drug-likeness (QED) is 0.311. The van der Waals surface area contributed by atoms with Crippen LogP contribution in [0.1, 0.15) is 71.3 Å². The fraction of sp³-hybridized carbons (Fsp3) is 0.567. The van der Waals surface area contributed by atoms with E-state index in [-0.39, 0.29) is 25.0 Å². The maximum Gasteiger partial charge on any atom is 0.330 e. The smallest absolute Gasteiger partial charge is 0.330 e. The van der Waals surface area contributed by atoms with Crippen LogP contribution in [-0.4, -0.2) is 48.3 Å². The van der Waals surface area contributed by atoms with E-state index in [1.54, 1.807) is 6.20 Å². The number of carbonyl (C=O) groups is 2. The summed E-state index contributed by atoms with van der Waals surface area (Å²) in [6, 6.07) is 10.6. The highest BCUT2D eigenvalue weighted by atomic mass is 16.5. The Labute approximate surface area is 232 Å². The van der Waals surface area contributed by atoms with Crippen molar-refractivity contribution < 1.29 is 23.8 Å². The van der Waals surface area contributed by atoms with Crippen molar-refractivity contribution in [2.24, 2.45) is 5.92 Å². The number of para-hydroxylation sites is 1. The molecule has 2 atom stereocenters. The molecule has 4 N–H and O–H groups in total. The Morgan fingerprint density at radius 3 is 2.51 bits per heavy atom. The largest absolute Gasteiger partial charge is 0.467 e. The molecule has 1 aromatic heterocycles. The molecule has 2 aromatic rings. The molecule has 1 aliphatic carbocycles. The van der Waals surface area contributed by atoms with E-state index in [1.807, 2.05) is 57.2 Å². The van der Waals surface area contributed by atoms with Crippen LogP contribution in [0.3, 0.4) is 0 Å². The summed E-state index contributed by atoms with van der Waals surface area (Å²) in [5.74, 6) is 0.934. The zero-order valence-corrected chi connectivity index (χ0v) is 23.7. The summed E-state index contributed by atoms with van der Waals surface area (Å²) >= 11 is 0. The van der Waals surface area contributed by atoms with Crippen molar-refractivity contribution in [2.45, 2.75) is 89.9 Å². The van der Waals surface area contributed by atoms with Gasteiger partial charge in [0.05, 0.1) is 31.2 Å². The molecule has 0 bridgehead atoms. The van der Waals surface area contributed by atoms with Crippen molar-refractivity contribution in [3.8, 4) is 11.6 Å². The van der Waals surface area contributed by atoms with Crippen molar-refractivity contribution in [1.29, 1.82) is 0 Å². The van der Waals surface area contributed by atoms with Crippen molar-refractivity contribution in [1.82, 2.24) is 15.6 Å². The second-order valence-corrected chi connectivity index (χ2v) is 11.1. The zero-order valence-electron chi connectivity index (χ0n) is 23.7. The predicted molar refractivity (Wildman–Crippen MR) is 151 cm³/mol. The molecule has 1 aromatic carbocycles. The fourth-order valence-electron chi connectivity index (χ4n) is 4.78. The number of hydrogen-bond acceptors (Lipinski definition) is 8. The number of aromatic nitrogens is 1. The third-order valence-corrected chi connectivity index (χ3v) is 6.92. The molecule has 1 heterocycles. The topological polar surface area (TPSA) is 125 Å². The molecule has 0 aliphatic heterocycles. The lowest BCUT2D eigenvalue weighted by Gasteiger charge is -2.31. The van der Waals surface area contributed by atoms with Gasteiger partial charge in [0.25, 0.3) is 0 Å². The van der Waals surface area contributed by atoms with Crippen molar-refractivity contribution in [2.75, 3.05) is 19.5 Å². The number of esters is 1. The van der Waals surface area contributed by atoms with E-state index in [1.165, 1.54) is 26.4 Å². The van der Waals surface area contributed by atoms with Crippen LogP contribution >= 0.6 is 0 Å². The summed E-state index contributed by atoms with van der Waals surface area (Å²) < 4.78 is 16.5. The minimum absolute atomic E-state index is 0.0565. The Balaban J connectivity index is 1.62. The summed E-state index contributed by atoms with van der Waals surface area (Å²) in [4.78, 5) is 29.4. The molecular weight excluding hydrogens is 496 g/mol. The van der Waals surface area contributed by atoms with E-state index in [0.717, 1.165) is 18.4 Å². The van der Waals surface area contributed by atoms with Crippen LogP contribution < -0.4 is 21.1 Å². The molecule has 214 valence electrons. The van der Waals surface area contributed by atoms with Gasteiger partial charge in [0.2, 0.25) is 11.8 Å². The van der Waals surface area contributed by atoms with E-state index < -0.39 is 17.6 Å². The van der Waals surface area contributed by atoms with Crippen LogP contribution in [-0.2, 0) is 25.6 Å². The molecule has 0 unspecified atom stereocenters. The second-order valence-electron chi connectivity index (χ2n) is 11.1. The number of rotatable bonds is 13. The van der Waals surface area contributed by atoms with Gasteiger partial charge in [-0.05, 0) is 63.6 Å². The summed E-state index contributed by atoms with van der Waals surface area (Å²) in [6.45, 7) is 6.29. The molecular formula is C30H44N4O5. The Hall–Kier alpha value is -3.17. The van der Waals surface area contributed by atoms with Gasteiger partial charge in [-0.2, -0.15) is 0 Å². The number of carbonyl (C=O) groups excluding carboxylic acids is 2. The van der Waals surface area contributed by atoms with E-state index in [0.29, 0.717) is 36.2 Å². The zero-order chi connectivity index (χ0) is 28.3. The number of ether oxygens (including phenoxy) is 3. The molecule has 0 radical (unpaired) electrons. The molecule has 3 rings (SSSR count). The summed E-state index contributed by atoms with van der Waals surface area (Å²) in [7, 11) is 1.31. The number of nitrogens with two attached hydrogens (primary N) is 1. The maximum absolute atomic E-state index is 12.9. The Bertz CT molecular complexity index is 1050. The first kappa shape index (κ1) is 30.4. The Morgan fingerprint density at radius 1 is 1.13 bits per heavy atom. The van der Waals surface area contributed by atoms with Gasteiger partial charge in [0.1, 0.15) is 5.75 Å². The summed E-state index contributed by atoms with van der Waals surface area (Å²) in [6.07, 6.45) is 8.41. The van der Waals surface area contributed by atoms with Crippen LogP contribution in [0.4, 0.5) is 5.69 Å². The van der Waals surface area contributed by atoms with Gasteiger partial charge in [-0.1, -0.05) is 37.5 Å². The highest BCUT2D eigenvalue weighted by molar-refractivity contribution is 5.84. The van der Waals surface area contributed by atoms with Crippen molar-refractivity contribution >= 4 is 17.6 Å². The number of methoxy groups -OCH3 is 1. The highest BCUT2D eigenvalue weighted by Crippen LogP contribution is 2.29. The van der Waals surface area contributed by atoms with Gasteiger partial charge < -0.3 is 30.6 Å². The standard InChI is InChI=1S/C30H44N4O5/c1-30(2,3)38-20-26(29(36)37-4)34-27(35)16-15-25(21-11-7-5-8-12-21)32-18-22-17-28(33-19-24(22)31)39-23-13-9-6-10-14-23/h6,9-10,13-14,17,19,21,25-26,32H,5,7-8,11-12,15-16,18,20,31H2,1-4H3,(H,34,35)/t25-,26+/m0/s1. The number of benzene rings is 1. The van der Waals surface area contributed by atoms with Crippen molar-refractivity contribution in [3.05, 3.63) is 48.2 Å². The number of pyridine rings is 1. The molecule has 0 saturated heterocycles. The maximum atomic E-state index is 12.9. The molecule has 9 heteroatoms. The summed E-state index contributed by atoms with van der Waals surface area (Å²) in [5.41, 5.74) is 7.29. The van der Waals surface area contributed by atoms with Gasteiger partial charge in [-0.25, -0.2) is 9.78 Å². The van der Waals surface area contributed by atoms with Crippen LogP contribution in [0.5, 0.6) is 11.6 Å². The lowest BCUT2D eigenvalue weighted by Crippen LogP contribution is -2.46. The number of amides is 1. The van der Waals surface area contributed by atoms with Gasteiger partial charge in [-0.3, -0.25) is 4.79 Å². The monoisotopic (exact) mass is 540 g/mol. The third kappa shape index (κ3) is 10.5. The second kappa shape index (κ2) is 14.8. The predicted octanol–water partition coefficient (Wildman–Crippen LogP) is 4.75. The normalized spacial score (nSPS) is 15.8. The van der Waals surface area contributed by atoms with Crippen LogP contribution in [0.25, 0.3) is 0 Å². The summed E-state index contributed by atoms with van der Waals surface area (Å²) in [5, 5.41) is 6.47. The lowest BCUT2D eigenvalue weighted by atomic mass is 9.82. The van der Waals surface area contributed by atoms with E-state index in [2.05, 4.69) is 15.6 Å². The van der Waals surface area contributed by atoms with E-state index in [9.17, 15) is 9.59 Å². The van der Waals surface area contributed by atoms with Gasteiger partial charge >= 0.3 is 5.97 Å². The Morgan fingerprint density at radius 2 is 1.85 bits per heavy atom. The van der Waals surface area contributed by atoms with E-state index >= 15 is 0 Å². The van der Waals surface area contributed by atoms with Crippen LogP contribution in [0, 0.1) is 5.92 Å².